The molecule has 0 N–H and O–H groups in total. The number of para-hydroxylation sites is 1. The van der Waals surface area contributed by atoms with E-state index in [4.69, 9.17) is 23.2 Å². The molecule has 0 atom stereocenters. The normalized spacial score (nSPS) is 10.9. The zero-order valence-electron chi connectivity index (χ0n) is 16.4. The SMILES string of the molecule is O=c1c(SCc2ccc(Cl)cc2)c(SCc2ccc(Cl)cc2)cnn1-c1ccccc1. The molecule has 0 aliphatic heterocycles. The lowest BCUT2D eigenvalue weighted by atomic mass is 10.2. The third kappa shape index (κ3) is 5.74. The Morgan fingerprint density at radius 2 is 1.29 bits per heavy atom. The first-order valence-corrected chi connectivity index (χ1v) is 12.2. The molecule has 0 fully saturated rings. The first-order chi connectivity index (χ1) is 15.1. The second kappa shape index (κ2) is 10.4. The summed E-state index contributed by atoms with van der Waals surface area (Å²) in [4.78, 5) is 14.9. The van der Waals surface area contributed by atoms with E-state index >= 15 is 0 Å². The van der Waals surface area contributed by atoms with Gasteiger partial charge in [-0.3, -0.25) is 4.79 Å². The number of thioether (sulfide) groups is 2. The van der Waals surface area contributed by atoms with Crippen LogP contribution in [0, 0.1) is 0 Å². The van der Waals surface area contributed by atoms with E-state index in [-0.39, 0.29) is 5.56 Å². The zero-order valence-corrected chi connectivity index (χ0v) is 19.5. The highest BCUT2D eigenvalue weighted by molar-refractivity contribution is 8.01. The van der Waals surface area contributed by atoms with Crippen molar-refractivity contribution >= 4 is 46.7 Å². The summed E-state index contributed by atoms with van der Waals surface area (Å²) < 4.78 is 1.45. The topological polar surface area (TPSA) is 34.9 Å². The van der Waals surface area contributed by atoms with Gasteiger partial charge in [0.2, 0.25) is 0 Å². The van der Waals surface area contributed by atoms with Gasteiger partial charge in [-0.05, 0) is 47.5 Å². The van der Waals surface area contributed by atoms with Gasteiger partial charge in [0.25, 0.3) is 5.56 Å². The molecule has 0 saturated heterocycles. The van der Waals surface area contributed by atoms with Gasteiger partial charge in [-0.15, -0.1) is 23.5 Å². The summed E-state index contributed by atoms with van der Waals surface area (Å²) in [5.74, 6) is 1.39. The van der Waals surface area contributed by atoms with Gasteiger partial charge in [0, 0.05) is 26.4 Å². The summed E-state index contributed by atoms with van der Waals surface area (Å²) in [7, 11) is 0. The monoisotopic (exact) mass is 484 g/mol. The molecule has 1 aromatic heterocycles. The number of nitrogens with zero attached hydrogens (tertiary/aromatic N) is 2. The van der Waals surface area contributed by atoms with Crippen LogP contribution in [0.15, 0.2) is 99.6 Å². The molecule has 0 unspecified atom stereocenters. The van der Waals surface area contributed by atoms with Gasteiger partial charge >= 0.3 is 0 Å². The fourth-order valence-electron chi connectivity index (χ4n) is 2.89. The predicted molar refractivity (Wildman–Crippen MR) is 132 cm³/mol. The molecule has 31 heavy (non-hydrogen) atoms. The van der Waals surface area contributed by atoms with Gasteiger partial charge in [-0.1, -0.05) is 65.7 Å². The number of halogens is 2. The average molecular weight is 485 g/mol. The molecule has 0 aliphatic rings. The van der Waals surface area contributed by atoms with Crippen LogP contribution in [0.25, 0.3) is 5.69 Å². The Kier molecular flexibility index (Phi) is 7.41. The van der Waals surface area contributed by atoms with Crippen molar-refractivity contribution in [1.82, 2.24) is 9.78 Å². The molecule has 156 valence electrons. The predicted octanol–water partition coefficient (Wildman–Crippen LogP) is 7.12. The highest BCUT2D eigenvalue weighted by Gasteiger charge is 2.14. The first kappa shape index (κ1) is 22.0. The van der Waals surface area contributed by atoms with E-state index in [0.29, 0.717) is 20.7 Å². The molecule has 0 saturated carbocycles. The number of rotatable bonds is 7. The van der Waals surface area contributed by atoms with Crippen molar-refractivity contribution in [3.8, 4) is 5.69 Å². The van der Waals surface area contributed by atoms with E-state index in [0.717, 1.165) is 27.5 Å². The van der Waals surface area contributed by atoms with Gasteiger partial charge in [0.1, 0.15) is 0 Å². The smallest absolute Gasteiger partial charge is 0.266 e. The third-order valence-electron chi connectivity index (χ3n) is 4.51. The average Bonchev–Trinajstić information content (AvgIpc) is 2.80. The Morgan fingerprint density at radius 3 is 1.87 bits per heavy atom. The minimum Gasteiger partial charge on any atom is -0.266 e. The Balaban J connectivity index is 1.63. The number of benzene rings is 3. The van der Waals surface area contributed by atoms with Gasteiger partial charge in [-0.2, -0.15) is 9.78 Å². The highest BCUT2D eigenvalue weighted by atomic mass is 35.5. The van der Waals surface area contributed by atoms with E-state index in [9.17, 15) is 4.79 Å². The van der Waals surface area contributed by atoms with Crippen LogP contribution in [0.1, 0.15) is 11.1 Å². The molecular formula is C24H18Cl2N2OS2. The highest BCUT2D eigenvalue weighted by Crippen LogP contribution is 2.32. The molecule has 3 nitrogen and oxygen atoms in total. The van der Waals surface area contributed by atoms with E-state index in [1.54, 1.807) is 18.0 Å². The Morgan fingerprint density at radius 1 is 0.742 bits per heavy atom. The van der Waals surface area contributed by atoms with Crippen molar-refractivity contribution in [2.24, 2.45) is 0 Å². The standard InChI is InChI=1S/C24H18Cl2N2OS2/c25-19-10-6-17(7-11-19)15-30-22-14-27-28(21-4-2-1-3-5-21)24(29)23(22)31-16-18-8-12-20(26)13-9-18/h1-14H,15-16H2. The summed E-state index contributed by atoms with van der Waals surface area (Å²) in [6.45, 7) is 0. The van der Waals surface area contributed by atoms with Crippen LogP contribution in [0.5, 0.6) is 0 Å². The number of aromatic nitrogens is 2. The largest absolute Gasteiger partial charge is 0.286 e. The van der Waals surface area contributed by atoms with Crippen molar-refractivity contribution in [2.45, 2.75) is 21.3 Å². The summed E-state index contributed by atoms with van der Waals surface area (Å²) in [5, 5.41) is 5.84. The molecule has 0 aliphatic carbocycles. The molecule has 0 amide bonds. The first-order valence-electron chi connectivity index (χ1n) is 9.52. The summed E-state index contributed by atoms with van der Waals surface area (Å²) in [6.07, 6.45) is 1.78. The quantitative estimate of drug-likeness (QED) is 0.261. The fourth-order valence-corrected chi connectivity index (χ4v) is 5.26. The van der Waals surface area contributed by atoms with Crippen LogP contribution in [0.4, 0.5) is 0 Å². The number of hydrogen-bond donors (Lipinski definition) is 0. The van der Waals surface area contributed by atoms with Crippen molar-refractivity contribution < 1.29 is 0 Å². The molecule has 0 bridgehead atoms. The van der Waals surface area contributed by atoms with Gasteiger partial charge in [0.15, 0.2) is 0 Å². The zero-order chi connectivity index (χ0) is 21.6. The maximum atomic E-state index is 13.3. The molecule has 4 aromatic rings. The van der Waals surface area contributed by atoms with E-state index in [1.165, 1.54) is 16.4 Å². The van der Waals surface area contributed by atoms with Crippen LogP contribution >= 0.6 is 46.7 Å². The maximum Gasteiger partial charge on any atom is 0.286 e. The van der Waals surface area contributed by atoms with Crippen LogP contribution in [0.2, 0.25) is 10.0 Å². The van der Waals surface area contributed by atoms with Crippen molar-refractivity contribution in [3.05, 3.63) is 117 Å². The summed E-state index contributed by atoms with van der Waals surface area (Å²) >= 11 is 15.1. The molecular weight excluding hydrogens is 467 g/mol. The van der Waals surface area contributed by atoms with E-state index in [1.807, 2.05) is 78.9 Å². The van der Waals surface area contributed by atoms with E-state index in [2.05, 4.69) is 5.10 Å². The molecule has 1 heterocycles. The van der Waals surface area contributed by atoms with Crippen molar-refractivity contribution in [2.75, 3.05) is 0 Å². The summed E-state index contributed by atoms with van der Waals surface area (Å²) in [5.41, 5.74) is 2.86. The minimum atomic E-state index is -0.119. The lowest BCUT2D eigenvalue weighted by Gasteiger charge is -2.12. The van der Waals surface area contributed by atoms with Crippen LogP contribution in [-0.4, -0.2) is 9.78 Å². The Hall–Kier alpha value is -2.18. The molecule has 0 spiro atoms. The number of hydrogen-bond acceptors (Lipinski definition) is 4. The Bertz CT molecular complexity index is 1210. The van der Waals surface area contributed by atoms with Crippen LogP contribution < -0.4 is 5.56 Å². The minimum absolute atomic E-state index is 0.119. The molecule has 0 radical (unpaired) electrons. The molecule has 7 heteroatoms. The summed E-state index contributed by atoms with van der Waals surface area (Å²) in [6, 6.07) is 24.9. The third-order valence-corrected chi connectivity index (χ3v) is 7.40. The van der Waals surface area contributed by atoms with Gasteiger partial charge in [-0.25, -0.2) is 0 Å². The van der Waals surface area contributed by atoms with Crippen LogP contribution in [0.3, 0.4) is 0 Å². The maximum absolute atomic E-state index is 13.3. The van der Waals surface area contributed by atoms with Gasteiger partial charge < -0.3 is 0 Å². The molecule has 3 aromatic carbocycles. The van der Waals surface area contributed by atoms with Gasteiger partial charge in [0.05, 0.1) is 16.8 Å². The lowest BCUT2D eigenvalue weighted by molar-refractivity contribution is 0.756. The van der Waals surface area contributed by atoms with Crippen molar-refractivity contribution in [1.29, 1.82) is 0 Å². The second-order valence-electron chi connectivity index (χ2n) is 6.72. The van der Waals surface area contributed by atoms with Crippen molar-refractivity contribution in [3.63, 3.8) is 0 Å². The van der Waals surface area contributed by atoms with Crippen LogP contribution in [-0.2, 0) is 11.5 Å². The molecule has 4 rings (SSSR count). The van der Waals surface area contributed by atoms with E-state index < -0.39 is 0 Å². The Labute approximate surface area is 199 Å². The fraction of sp³-hybridized carbons (Fsp3) is 0.0833. The second-order valence-corrected chi connectivity index (χ2v) is 9.60. The lowest BCUT2D eigenvalue weighted by Crippen LogP contribution is -2.23.